The Morgan fingerprint density at radius 2 is 1.95 bits per heavy atom. The SMILES string of the molecule is CNC(Cc1cccc(Cl)c1Cl)C1CCc2ccccc21. The molecule has 1 aliphatic rings. The lowest BCUT2D eigenvalue weighted by Gasteiger charge is -2.25. The highest BCUT2D eigenvalue weighted by molar-refractivity contribution is 6.42. The summed E-state index contributed by atoms with van der Waals surface area (Å²) in [6.45, 7) is 0. The second kappa shape index (κ2) is 6.39. The first-order valence-corrected chi connectivity index (χ1v) is 8.14. The Morgan fingerprint density at radius 1 is 1.14 bits per heavy atom. The van der Waals surface area contributed by atoms with Crippen LogP contribution in [0.2, 0.25) is 10.0 Å². The van der Waals surface area contributed by atoms with Crippen LogP contribution in [0.5, 0.6) is 0 Å². The Bertz CT molecular complexity index is 639. The van der Waals surface area contributed by atoms with Crippen molar-refractivity contribution in [3.05, 3.63) is 69.2 Å². The molecule has 0 heterocycles. The van der Waals surface area contributed by atoms with E-state index in [2.05, 4.69) is 35.6 Å². The monoisotopic (exact) mass is 319 g/mol. The maximum atomic E-state index is 6.34. The van der Waals surface area contributed by atoms with Crippen molar-refractivity contribution in [2.45, 2.75) is 31.2 Å². The topological polar surface area (TPSA) is 12.0 Å². The zero-order valence-electron chi connectivity index (χ0n) is 12.1. The van der Waals surface area contributed by atoms with E-state index in [0.717, 1.165) is 12.0 Å². The summed E-state index contributed by atoms with van der Waals surface area (Å²) in [4.78, 5) is 0. The molecule has 21 heavy (non-hydrogen) atoms. The Labute approximate surface area is 136 Å². The fourth-order valence-corrected chi connectivity index (χ4v) is 3.79. The van der Waals surface area contributed by atoms with Crippen molar-refractivity contribution in [1.82, 2.24) is 5.32 Å². The summed E-state index contributed by atoms with van der Waals surface area (Å²) in [6.07, 6.45) is 3.26. The zero-order valence-corrected chi connectivity index (χ0v) is 13.6. The first-order chi connectivity index (χ1) is 10.2. The molecule has 0 aromatic heterocycles. The number of likely N-dealkylation sites (N-methyl/N-ethyl adjacent to an activating group) is 1. The molecule has 2 atom stereocenters. The van der Waals surface area contributed by atoms with Crippen molar-refractivity contribution in [2.24, 2.45) is 0 Å². The average Bonchev–Trinajstić information content (AvgIpc) is 2.93. The fourth-order valence-electron chi connectivity index (χ4n) is 3.40. The summed E-state index contributed by atoms with van der Waals surface area (Å²) in [5, 5.41) is 4.80. The lowest BCUT2D eigenvalue weighted by atomic mass is 9.89. The zero-order chi connectivity index (χ0) is 14.8. The van der Waals surface area contributed by atoms with Gasteiger partial charge in [-0.1, -0.05) is 59.6 Å². The first kappa shape index (κ1) is 14.9. The minimum Gasteiger partial charge on any atom is -0.316 e. The van der Waals surface area contributed by atoms with Crippen LogP contribution in [0.25, 0.3) is 0 Å². The highest BCUT2D eigenvalue weighted by Gasteiger charge is 2.29. The number of hydrogen-bond acceptors (Lipinski definition) is 1. The number of nitrogens with one attached hydrogen (secondary N) is 1. The molecule has 1 aliphatic carbocycles. The van der Waals surface area contributed by atoms with Gasteiger partial charge in [0.15, 0.2) is 0 Å². The van der Waals surface area contributed by atoms with Gasteiger partial charge in [0.05, 0.1) is 10.0 Å². The highest BCUT2D eigenvalue weighted by Crippen LogP contribution is 2.37. The molecular weight excluding hydrogens is 301 g/mol. The second-order valence-electron chi connectivity index (χ2n) is 5.66. The summed E-state index contributed by atoms with van der Waals surface area (Å²) in [7, 11) is 2.03. The molecule has 0 spiro atoms. The third-order valence-corrected chi connectivity index (χ3v) is 5.37. The molecule has 0 saturated carbocycles. The molecule has 3 rings (SSSR count). The number of benzene rings is 2. The molecule has 2 unspecified atom stereocenters. The molecule has 1 N–H and O–H groups in total. The first-order valence-electron chi connectivity index (χ1n) is 7.38. The molecule has 0 aliphatic heterocycles. The number of rotatable bonds is 4. The van der Waals surface area contributed by atoms with Gasteiger partial charge in [-0.2, -0.15) is 0 Å². The van der Waals surface area contributed by atoms with Crippen LogP contribution in [0.1, 0.15) is 29.0 Å². The summed E-state index contributed by atoms with van der Waals surface area (Å²) in [5.74, 6) is 0.543. The van der Waals surface area contributed by atoms with Crippen LogP contribution in [0, 0.1) is 0 Å². The molecule has 0 saturated heterocycles. The summed E-state index contributed by atoms with van der Waals surface area (Å²) < 4.78 is 0. The summed E-state index contributed by atoms with van der Waals surface area (Å²) >= 11 is 12.5. The van der Waals surface area contributed by atoms with Gasteiger partial charge in [0.1, 0.15) is 0 Å². The fraction of sp³-hybridized carbons (Fsp3) is 0.333. The van der Waals surface area contributed by atoms with Crippen molar-refractivity contribution in [1.29, 1.82) is 0 Å². The van der Waals surface area contributed by atoms with E-state index in [1.165, 1.54) is 24.0 Å². The largest absolute Gasteiger partial charge is 0.316 e. The van der Waals surface area contributed by atoms with E-state index in [0.29, 0.717) is 22.0 Å². The van der Waals surface area contributed by atoms with Crippen LogP contribution in [-0.4, -0.2) is 13.1 Å². The van der Waals surface area contributed by atoms with Gasteiger partial charge in [-0.3, -0.25) is 0 Å². The minimum atomic E-state index is 0.379. The molecule has 0 radical (unpaired) electrons. The van der Waals surface area contributed by atoms with Gasteiger partial charge < -0.3 is 5.32 Å². The van der Waals surface area contributed by atoms with Crippen molar-refractivity contribution >= 4 is 23.2 Å². The number of halogens is 2. The Kier molecular flexibility index (Phi) is 4.54. The van der Waals surface area contributed by atoms with Gasteiger partial charge in [-0.25, -0.2) is 0 Å². The molecule has 1 nitrogen and oxygen atoms in total. The van der Waals surface area contributed by atoms with Crippen LogP contribution in [0.3, 0.4) is 0 Å². The normalized spacial score (nSPS) is 18.5. The van der Waals surface area contributed by atoms with E-state index >= 15 is 0 Å². The van der Waals surface area contributed by atoms with Crippen molar-refractivity contribution in [3.8, 4) is 0 Å². The van der Waals surface area contributed by atoms with E-state index in [4.69, 9.17) is 23.2 Å². The van der Waals surface area contributed by atoms with Crippen LogP contribution < -0.4 is 5.32 Å². The van der Waals surface area contributed by atoms with Crippen LogP contribution in [0.4, 0.5) is 0 Å². The summed E-state index contributed by atoms with van der Waals surface area (Å²) in [6, 6.07) is 15.0. The van der Waals surface area contributed by atoms with Crippen LogP contribution in [0.15, 0.2) is 42.5 Å². The van der Waals surface area contributed by atoms with Gasteiger partial charge in [0.2, 0.25) is 0 Å². The van der Waals surface area contributed by atoms with Crippen molar-refractivity contribution < 1.29 is 0 Å². The average molecular weight is 320 g/mol. The number of hydrogen-bond donors (Lipinski definition) is 1. The molecule has 110 valence electrons. The van der Waals surface area contributed by atoms with Crippen LogP contribution in [-0.2, 0) is 12.8 Å². The second-order valence-corrected chi connectivity index (χ2v) is 6.44. The third kappa shape index (κ3) is 2.96. The summed E-state index contributed by atoms with van der Waals surface area (Å²) in [5.41, 5.74) is 4.09. The predicted molar refractivity (Wildman–Crippen MR) is 90.5 cm³/mol. The highest BCUT2D eigenvalue weighted by atomic mass is 35.5. The molecule has 2 aromatic carbocycles. The van der Waals surface area contributed by atoms with E-state index in [1.54, 1.807) is 0 Å². The lowest BCUT2D eigenvalue weighted by Crippen LogP contribution is -2.33. The Hall–Kier alpha value is -1.02. The van der Waals surface area contributed by atoms with E-state index < -0.39 is 0 Å². The van der Waals surface area contributed by atoms with Gasteiger partial charge in [0.25, 0.3) is 0 Å². The minimum absolute atomic E-state index is 0.379. The van der Waals surface area contributed by atoms with Gasteiger partial charge in [-0.05, 0) is 49.1 Å². The van der Waals surface area contributed by atoms with E-state index in [-0.39, 0.29) is 0 Å². The smallest absolute Gasteiger partial charge is 0.0624 e. The predicted octanol–water partition coefficient (Wildman–Crippen LogP) is 4.85. The standard InChI is InChI=1S/C18H19Cl2N/c1-21-17(11-13-6-4-8-16(19)18(13)20)15-10-9-12-5-2-3-7-14(12)15/h2-8,15,17,21H,9-11H2,1H3. The molecule has 0 amide bonds. The quantitative estimate of drug-likeness (QED) is 0.849. The maximum absolute atomic E-state index is 6.34. The molecule has 0 fully saturated rings. The number of aryl methyl sites for hydroxylation is 1. The van der Waals surface area contributed by atoms with Gasteiger partial charge in [0, 0.05) is 12.0 Å². The molecule has 2 aromatic rings. The number of fused-ring (bicyclic) bond motifs is 1. The van der Waals surface area contributed by atoms with Gasteiger partial charge >= 0.3 is 0 Å². The van der Waals surface area contributed by atoms with Crippen molar-refractivity contribution in [2.75, 3.05) is 7.05 Å². The van der Waals surface area contributed by atoms with E-state index in [1.807, 2.05) is 19.2 Å². The van der Waals surface area contributed by atoms with Crippen molar-refractivity contribution in [3.63, 3.8) is 0 Å². The Morgan fingerprint density at radius 3 is 2.76 bits per heavy atom. The molecule has 0 bridgehead atoms. The van der Waals surface area contributed by atoms with Gasteiger partial charge in [-0.15, -0.1) is 0 Å². The Balaban J connectivity index is 1.85. The molecule has 3 heteroatoms. The maximum Gasteiger partial charge on any atom is 0.0624 e. The third-order valence-electron chi connectivity index (χ3n) is 4.51. The molecular formula is C18H19Cl2N. The van der Waals surface area contributed by atoms with E-state index in [9.17, 15) is 0 Å². The van der Waals surface area contributed by atoms with Crippen LogP contribution >= 0.6 is 23.2 Å². The lowest BCUT2D eigenvalue weighted by molar-refractivity contribution is 0.456.